The van der Waals surface area contributed by atoms with E-state index in [2.05, 4.69) is 5.32 Å². The maximum absolute atomic E-state index is 14.0. The number of hydrogen-bond donors (Lipinski definition) is 2. The molecule has 1 saturated heterocycles. The minimum atomic E-state index is -1.04. The standard InChI is InChI=1S/C19H26FN3O4/c1-4-22(5-2)19(27)16-9-13(10-23(16)11-17(24)25)21-18(26)14-7-6-12(3)8-15(14)20/h6-8,13,16H,4-5,9-11H2,1-3H3,(H,21,26)(H,24,25)/t13-,16-/m0/s1. The van der Waals surface area contributed by atoms with E-state index >= 15 is 0 Å². The van der Waals surface area contributed by atoms with Crippen LogP contribution in [0.5, 0.6) is 0 Å². The Kier molecular flexibility index (Phi) is 6.90. The second-order valence-corrected chi connectivity index (χ2v) is 6.74. The fourth-order valence-corrected chi connectivity index (χ4v) is 3.43. The Hall–Kier alpha value is -2.48. The molecule has 1 aromatic rings. The number of hydrogen-bond acceptors (Lipinski definition) is 4. The van der Waals surface area contributed by atoms with Crippen LogP contribution in [0.15, 0.2) is 18.2 Å². The number of carbonyl (C=O) groups is 3. The van der Waals surface area contributed by atoms with Gasteiger partial charge in [-0.25, -0.2) is 4.39 Å². The summed E-state index contributed by atoms with van der Waals surface area (Å²) in [6.07, 6.45) is 0.293. The molecule has 1 heterocycles. The molecule has 0 unspecified atom stereocenters. The molecule has 148 valence electrons. The van der Waals surface area contributed by atoms with Crippen LogP contribution in [0, 0.1) is 12.7 Å². The monoisotopic (exact) mass is 379 g/mol. The van der Waals surface area contributed by atoms with E-state index in [1.807, 2.05) is 13.8 Å². The van der Waals surface area contributed by atoms with Gasteiger partial charge in [-0.05, 0) is 44.9 Å². The molecule has 0 saturated carbocycles. The average Bonchev–Trinajstić information content (AvgIpc) is 2.97. The maximum Gasteiger partial charge on any atom is 0.317 e. The van der Waals surface area contributed by atoms with Crippen LogP contribution in [-0.2, 0) is 9.59 Å². The summed E-state index contributed by atoms with van der Waals surface area (Å²) in [4.78, 5) is 39.5. The number of halogens is 1. The summed E-state index contributed by atoms with van der Waals surface area (Å²) in [6, 6.07) is 3.31. The Morgan fingerprint density at radius 1 is 1.30 bits per heavy atom. The smallest absolute Gasteiger partial charge is 0.317 e. The highest BCUT2D eigenvalue weighted by Gasteiger charge is 2.39. The van der Waals surface area contributed by atoms with Crippen molar-refractivity contribution >= 4 is 17.8 Å². The second kappa shape index (κ2) is 8.94. The van der Waals surface area contributed by atoms with Gasteiger partial charge in [-0.1, -0.05) is 6.07 Å². The van der Waals surface area contributed by atoms with Crippen LogP contribution < -0.4 is 5.32 Å². The molecular weight excluding hydrogens is 353 g/mol. The Morgan fingerprint density at radius 3 is 2.52 bits per heavy atom. The van der Waals surface area contributed by atoms with Gasteiger partial charge in [0.1, 0.15) is 5.82 Å². The number of aryl methyl sites for hydroxylation is 1. The van der Waals surface area contributed by atoms with Gasteiger partial charge in [-0.3, -0.25) is 19.3 Å². The highest BCUT2D eigenvalue weighted by atomic mass is 19.1. The van der Waals surface area contributed by atoms with E-state index in [4.69, 9.17) is 5.11 Å². The Morgan fingerprint density at radius 2 is 1.96 bits per heavy atom. The van der Waals surface area contributed by atoms with E-state index in [1.54, 1.807) is 22.8 Å². The first-order valence-electron chi connectivity index (χ1n) is 9.08. The number of carboxylic acids is 1. The zero-order valence-electron chi connectivity index (χ0n) is 15.9. The average molecular weight is 379 g/mol. The quantitative estimate of drug-likeness (QED) is 0.744. The molecule has 8 heteroatoms. The number of nitrogens with one attached hydrogen (secondary N) is 1. The normalized spacial score (nSPS) is 19.7. The molecule has 1 aliphatic heterocycles. The zero-order chi connectivity index (χ0) is 20.1. The second-order valence-electron chi connectivity index (χ2n) is 6.74. The molecule has 2 amide bonds. The zero-order valence-corrected chi connectivity index (χ0v) is 15.9. The number of nitrogens with zero attached hydrogens (tertiary/aromatic N) is 2. The van der Waals surface area contributed by atoms with Gasteiger partial charge in [0, 0.05) is 25.7 Å². The van der Waals surface area contributed by atoms with Crippen LogP contribution in [0.2, 0.25) is 0 Å². The van der Waals surface area contributed by atoms with Crippen molar-refractivity contribution in [3.05, 3.63) is 35.1 Å². The lowest BCUT2D eigenvalue weighted by atomic mass is 10.1. The van der Waals surface area contributed by atoms with E-state index in [1.165, 1.54) is 12.1 Å². The Labute approximate surface area is 158 Å². The molecule has 0 aliphatic carbocycles. The summed E-state index contributed by atoms with van der Waals surface area (Å²) >= 11 is 0. The third kappa shape index (κ3) is 5.03. The van der Waals surface area contributed by atoms with Crippen molar-refractivity contribution in [2.45, 2.75) is 39.3 Å². The van der Waals surface area contributed by atoms with Crippen molar-refractivity contribution in [3.63, 3.8) is 0 Å². The van der Waals surface area contributed by atoms with E-state index < -0.39 is 29.8 Å². The van der Waals surface area contributed by atoms with Crippen LogP contribution in [0.1, 0.15) is 36.2 Å². The van der Waals surface area contributed by atoms with Gasteiger partial charge in [0.25, 0.3) is 5.91 Å². The summed E-state index contributed by atoms with van der Waals surface area (Å²) in [5.74, 6) is -2.37. The first-order chi connectivity index (χ1) is 12.8. The number of aliphatic carboxylic acids is 1. The SMILES string of the molecule is CCN(CC)C(=O)[C@@H]1C[C@H](NC(=O)c2ccc(C)cc2F)CN1CC(=O)O. The largest absolute Gasteiger partial charge is 0.480 e. The minimum absolute atomic E-state index is 0.0658. The Bertz CT molecular complexity index is 721. The number of amides is 2. The van der Waals surface area contributed by atoms with E-state index in [0.717, 1.165) is 0 Å². The summed E-state index contributed by atoms with van der Waals surface area (Å²) in [7, 11) is 0. The molecule has 2 N–H and O–H groups in total. The molecule has 2 atom stereocenters. The highest BCUT2D eigenvalue weighted by Crippen LogP contribution is 2.21. The fourth-order valence-electron chi connectivity index (χ4n) is 3.43. The van der Waals surface area contributed by atoms with Gasteiger partial charge in [0.15, 0.2) is 0 Å². The number of rotatable bonds is 7. The summed E-state index contributed by atoms with van der Waals surface area (Å²) < 4.78 is 14.0. The van der Waals surface area contributed by atoms with Gasteiger partial charge in [-0.2, -0.15) is 0 Å². The van der Waals surface area contributed by atoms with Crippen LogP contribution in [-0.4, -0.2) is 71.0 Å². The van der Waals surface area contributed by atoms with Crippen LogP contribution >= 0.6 is 0 Å². The van der Waals surface area contributed by atoms with Gasteiger partial charge in [-0.15, -0.1) is 0 Å². The van der Waals surface area contributed by atoms with Gasteiger partial charge >= 0.3 is 5.97 Å². The van der Waals surface area contributed by atoms with Gasteiger partial charge in [0.05, 0.1) is 18.2 Å². The van der Waals surface area contributed by atoms with Crippen molar-refractivity contribution in [2.24, 2.45) is 0 Å². The maximum atomic E-state index is 14.0. The number of carboxylic acid groups (broad SMARTS) is 1. The molecule has 1 aromatic carbocycles. The first-order valence-corrected chi connectivity index (χ1v) is 9.08. The fraction of sp³-hybridized carbons (Fsp3) is 0.526. The van der Waals surface area contributed by atoms with Crippen LogP contribution in [0.4, 0.5) is 4.39 Å². The first kappa shape index (κ1) is 20.8. The molecule has 2 rings (SSSR count). The van der Waals surface area contributed by atoms with Crippen molar-refractivity contribution < 1.29 is 23.9 Å². The number of likely N-dealkylation sites (N-methyl/N-ethyl adjacent to an activating group) is 1. The van der Waals surface area contributed by atoms with E-state index in [-0.39, 0.29) is 24.6 Å². The molecule has 0 spiro atoms. The van der Waals surface area contributed by atoms with E-state index in [9.17, 15) is 18.8 Å². The van der Waals surface area contributed by atoms with Crippen LogP contribution in [0.25, 0.3) is 0 Å². The third-order valence-electron chi connectivity index (χ3n) is 4.81. The van der Waals surface area contributed by atoms with Gasteiger partial charge < -0.3 is 15.3 Å². The predicted octanol–water partition coefficient (Wildman–Crippen LogP) is 1.26. The summed E-state index contributed by atoms with van der Waals surface area (Å²) in [5, 5.41) is 11.9. The third-order valence-corrected chi connectivity index (χ3v) is 4.81. The molecule has 0 radical (unpaired) electrons. The minimum Gasteiger partial charge on any atom is -0.480 e. The molecule has 27 heavy (non-hydrogen) atoms. The van der Waals surface area contributed by atoms with Crippen molar-refractivity contribution in [3.8, 4) is 0 Å². The number of carbonyl (C=O) groups excluding carboxylic acids is 2. The Balaban J connectivity index is 2.13. The van der Waals surface area contributed by atoms with Crippen LogP contribution in [0.3, 0.4) is 0 Å². The molecular formula is C19H26FN3O4. The topological polar surface area (TPSA) is 90.0 Å². The van der Waals surface area contributed by atoms with Gasteiger partial charge in [0.2, 0.25) is 5.91 Å². The number of benzene rings is 1. The molecule has 0 aromatic heterocycles. The lowest BCUT2D eigenvalue weighted by Gasteiger charge is -2.27. The summed E-state index contributed by atoms with van der Waals surface area (Å²) in [5.41, 5.74) is 0.645. The lowest BCUT2D eigenvalue weighted by molar-refractivity contribution is -0.141. The number of likely N-dealkylation sites (tertiary alicyclic amines) is 1. The molecule has 0 bridgehead atoms. The lowest BCUT2D eigenvalue weighted by Crippen LogP contribution is -2.47. The molecule has 7 nitrogen and oxygen atoms in total. The molecule has 1 aliphatic rings. The van der Waals surface area contributed by atoms with Crippen molar-refractivity contribution in [1.82, 2.24) is 15.1 Å². The van der Waals surface area contributed by atoms with E-state index in [0.29, 0.717) is 25.1 Å². The van der Waals surface area contributed by atoms with Crippen molar-refractivity contribution in [2.75, 3.05) is 26.2 Å². The highest BCUT2D eigenvalue weighted by molar-refractivity contribution is 5.95. The predicted molar refractivity (Wildman–Crippen MR) is 97.9 cm³/mol. The molecule has 1 fully saturated rings. The summed E-state index contributed by atoms with van der Waals surface area (Å²) in [6.45, 7) is 6.44. The van der Waals surface area contributed by atoms with Crippen molar-refractivity contribution in [1.29, 1.82) is 0 Å².